The second-order valence-electron chi connectivity index (χ2n) is 3.76. The first-order chi connectivity index (χ1) is 7.38. The highest BCUT2D eigenvalue weighted by atomic mass is 17.8. The van der Waals surface area contributed by atoms with Crippen molar-refractivity contribution in [3.05, 3.63) is 0 Å². The number of hydrogen-bond acceptors (Lipinski definition) is 5. The van der Waals surface area contributed by atoms with Gasteiger partial charge in [-0.3, -0.25) is 0 Å². The molecule has 90 valence electrons. The summed E-state index contributed by atoms with van der Waals surface area (Å²) in [4.78, 5) is 9.78. The molecule has 0 aromatic rings. The smallest absolute Gasteiger partial charge is 0.101 e. The molecular formula is C10H20O5. The Bertz CT molecular complexity index is 145. The highest BCUT2D eigenvalue weighted by Gasteiger charge is 2.23. The molecule has 0 aliphatic carbocycles. The Morgan fingerprint density at radius 3 is 2.80 bits per heavy atom. The van der Waals surface area contributed by atoms with Gasteiger partial charge in [0.15, 0.2) is 0 Å². The Balaban J connectivity index is 2.33. The quantitative estimate of drug-likeness (QED) is 0.666. The molecule has 0 spiro atoms. The van der Waals surface area contributed by atoms with Gasteiger partial charge in [-0.25, -0.2) is 9.78 Å². The third-order valence-electron chi connectivity index (χ3n) is 2.73. The monoisotopic (exact) mass is 220 g/mol. The maximum atomic E-state index is 5.11. The number of rotatable bonds is 5. The van der Waals surface area contributed by atoms with Crippen LogP contribution in [0.15, 0.2) is 0 Å². The normalized spacial score (nSPS) is 25.6. The van der Waals surface area contributed by atoms with Gasteiger partial charge in [-0.2, -0.15) is 0 Å². The fourth-order valence-corrected chi connectivity index (χ4v) is 1.78. The lowest BCUT2D eigenvalue weighted by atomic mass is 9.92. The van der Waals surface area contributed by atoms with Crippen molar-refractivity contribution < 1.29 is 24.9 Å². The molecule has 5 heteroatoms. The molecule has 1 rings (SSSR count). The number of hydrogen-bond donors (Lipinski definition) is 0. The molecule has 1 heterocycles. The van der Waals surface area contributed by atoms with Crippen LogP contribution in [0.5, 0.6) is 0 Å². The molecule has 1 aliphatic rings. The molecule has 0 radical (unpaired) electrons. The molecule has 2 unspecified atom stereocenters. The van der Waals surface area contributed by atoms with E-state index in [1.807, 2.05) is 0 Å². The molecule has 0 aromatic heterocycles. The van der Waals surface area contributed by atoms with Crippen LogP contribution in [0.4, 0.5) is 0 Å². The zero-order valence-electron chi connectivity index (χ0n) is 9.44. The summed E-state index contributed by atoms with van der Waals surface area (Å²) in [6, 6.07) is 0. The zero-order chi connectivity index (χ0) is 10.9. The van der Waals surface area contributed by atoms with E-state index in [9.17, 15) is 0 Å². The van der Waals surface area contributed by atoms with Crippen molar-refractivity contribution in [1.29, 1.82) is 0 Å². The topological polar surface area (TPSA) is 46.2 Å². The predicted octanol–water partition coefficient (Wildman–Crippen LogP) is 2.72. The van der Waals surface area contributed by atoms with E-state index in [0.717, 1.165) is 19.3 Å². The van der Waals surface area contributed by atoms with Crippen molar-refractivity contribution in [2.75, 3.05) is 6.61 Å². The molecule has 0 N–H and O–H groups in total. The largest absolute Gasteiger partial charge is 0.204 e. The van der Waals surface area contributed by atoms with Crippen LogP contribution in [0, 0.1) is 5.92 Å². The summed E-state index contributed by atoms with van der Waals surface area (Å²) in [6.45, 7) is 4.79. The van der Waals surface area contributed by atoms with E-state index < -0.39 is 0 Å². The summed E-state index contributed by atoms with van der Waals surface area (Å²) in [5, 5.41) is 12.7. The zero-order valence-corrected chi connectivity index (χ0v) is 9.44. The maximum absolute atomic E-state index is 5.11. The summed E-state index contributed by atoms with van der Waals surface area (Å²) in [7, 11) is 0. The molecule has 0 amide bonds. The first-order valence-electron chi connectivity index (χ1n) is 5.66. The van der Waals surface area contributed by atoms with Gasteiger partial charge in [-0.15, -0.1) is 0 Å². The average molecular weight is 220 g/mol. The van der Waals surface area contributed by atoms with Crippen LogP contribution in [0.3, 0.4) is 0 Å². The van der Waals surface area contributed by atoms with Crippen molar-refractivity contribution >= 4 is 0 Å². The van der Waals surface area contributed by atoms with Gasteiger partial charge in [0.1, 0.15) is 6.10 Å². The Hall–Kier alpha value is -0.200. The molecule has 1 aliphatic heterocycles. The third kappa shape index (κ3) is 4.90. The van der Waals surface area contributed by atoms with Crippen LogP contribution in [-0.4, -0.2) is 12.7 Å². The minimum atomic E-state index is 0.0189. The highest BCUT2D eigenvalue weighted by molar-refractivity contribution is 4.68. The molecule has 1 saturated heterocycles. The van der Waals surface area contributed by atoms with E-state index in [2.05, 4.69) is 33.8 Å². The van der Waals surface area contributed by atoms with Crippen LogP contribution in [0.25, 0.3) is 0 Å². The summed E-state index contributed by atoms with van der Waals surface area (Å²) in [5.74, 6) is 0.482. The minimum absolute atomic E-state index is 0.0189. The van der Waals surface area contributed by atoms with Crippen LogP contribution < -0.4 is 0 Å². The molecule has 0 saturated carbocycles. The molecule has 0 bridgehead atoms. The second kappa shape index (κ2) is 8.01. The molecule has 15 heavy (non-hydrogen) atoms. The van der Waals surface area contributed by atoms with E-state index in [1.54, 1.807) is 0 Å². The van der Waals surface area contributed by atoms with Crippen molar-refractivity contribution in [2.45, 2.75) is 52.1 Å². The highest BCUT2D eigenvalue weighted by Crippen LogP contribution is 2.23. The van der Waals surface area contributed by atoms with Crippen LogP contribution in [0.1, 0.15) is 46.0 Å². The molecule has 1 fully saturated rings. The van der Waals surface area contributed by atoms with Crippen molar-refractivity contribution in [3.8, 4) is 0 Å². The first kappa shape index (κ1) is 12.9. The second-order valence-corrected chi connectivity index (χ2v) is 3.76. The van der Waals surface area contributed by atoms with Gasteiger partial charge in [-0.1, -0.05) is 33.1 Å². The van der Waals surface area contributed by atoms with Crippen LogP contribution in [0.2, 0.25) is 0 Å². The minimum Gasteiger partial charge on any atom is -0.204 e. The summed E-state index contributed by atoms with van der Waals surface area (Å²) < 4.78 is 0. The summed E-state index contributed by atoms with van der Waals surface area (Å²) in [6.07, 6.45) is 5.38. The Morgan fingerprint density at radius 1 is 1.20 bits per heavy atom. The Morgan fingerprint density at radius 2 is 2.07 bits per heavy atom. The van der Waals surface area contributed by atoms with Crippen molar-refractivity contribution in [2.24, 2.45) is 5.92 Å². The van der Waals surface area contributed by atoms with Gasteiger partial charge in [0.05, 0.1) is 6.61 Å². The third-order valence-corrected chi connectivity index (χ3v) is 2.73. The maximum Gasteiger partial charge on any atom is 0.101 e. The SMILES string of the molecule is CCCCC(CC)C1CCOOOOO1. The fourth-order valence-electron chi connectivity index (χ4n) is 1.78. The Kier molecular flexibility index (Phi) is 6.87. The van der Waals surface area contributed by atoms with Gasteiger partial charge >= 0.3 is 0 Å². The van der Waals surface area contributed by atoms with Gasteiger partial charge < -0.3 is 0 Å². The first-order valence-corrected chi connectivity index (χ1v) is 5.66. The van der Waals surface area contributed by atoms with E-state index in [1.165, 1.54) is 12.8 Å². The average Bonchev–Trinajstić information content (AvgIpc) is 2.21. The van der Waals surface area contributed by atoms with Crippen LogP contribution >= 0.6 is 0 Å². The molecular weight excluding hydrogens is 200 g/mol. The van der Waals surface area contributed by atoms with Crippen LogP contribution in [-0.2, 0) is 24.9 Å². The lowest BCUT2D eigenvalue weighted by Gasteiger charge is -2.25. The van der Waals surface area contributed by atoms with E-state index in [-0.39, 0.29) is 6.10 Å². The summed E-state index contributed by atoms with van der Waals surface area (Å²) >= 11 is 0. The van der Waals surface area contributed by atoms with Gasteiger partial charge in [0.25, 0.3) is 0 Å². The molecule has 5 nitrogen and oxygen atoms in total. The van der Waals surface area contributed by atoms with E-state index >= 15 is 0 Å². The lowest BCUT2D eigenvalue weighted by Crippen LogP contribution is -2.27. The molecule has 0 aromatic carbocycles. The van der Waals surface area contributed by atoms with E-state index in [4.69, 9.17) is 4.89 Å². The molecule has 2 atom stereocenters. The van der Waals surface area contributed by atoms with Gasteiger partial charge in [0, 0.05) is 6.42 Å². The van der Waals surface area contributed by atoms with E-state index in [0.29, 0.717) is 12.5 Å². The predicted molar refractivity (Wildman–Crippen MR) is 52.0 cm³/mol. The van der Waals surface area contributed by atoms with Crippen molar-refractivity contribution in [1.82, 2.24) is 0 Å². The van der Waals surface area contributed by atoms with Gasteiger partial charge in [-0.05, 0) is 27.5 Å². The van der Waals surface area contributed by atoms with Crippen molar-refractivity contribution in [3.63, 3.8) is 0 Å². The standard InChI is InChI=1S/C10H20O5/c1-3-5-6-9(4-2)10-7-8-11-13-15-14-12-10/h9-10H,3-8H2,1-2H3. The van der Waals surface area contributed by atoms with Gasteiger partial charge in [0.2, 0.25) is 0 Å². The Labute approximate surface area is 90.3 Å². The lowest BCUT2D eigenvalue weighted by molar-refractivity contribution is -0.722. The summed E-state index contributed by atoms with van der Waals surface area (Å²) in [5.41, 5.74) is 0. The fraction of sp³-hybridized carbons (Fsp3) is 1.00. The number of unbranched alkanes of at least 4 members (excludes halogenated alkanes) is 1.